The molecule has 3 nitrogen and oxygen atoms in total. The molecule has 3 fully saturated rings. The van der Waals surface area contributed by atoms with Gasteiger partial charge in [0.2, 0.25) is 0 Å². The molecule has 0 bridgehead atoms. The monoisotopic (exact) mass is 267 g/mol. The molecule has 2 aliphatic heterocycles. The van der Waals surface area contributed by atoms with E-state index in [1.807, 2.05) is 0 Å². The second-order valence-corrected chi connectivity index (χ2v) is 7.91. The molecule has 0 aromatic heterocycles. The lowest BCUT2D eigenvalue weighted by atomic mass is 9.70. The van der Waals surface area contributed by atoms with E-state index in [0.29, 0.717) is 11.3 Å². The molecule has 19 heavy (non-hydrogen) atoms. The van der Waals surface area contributed by atoms with Crippen molar-refractivity contribution in [2.24, 2.45) is 17.1 Å². The molecule has 0 radical (unpaired) electrons. The fourth-order valence-corrected chi connectivity index (χ4v) is 4.60. The summed E-state index contributed by atoms with van der Waals surface area (Å²) in [6.45, 7) is 7.34. The van der Waals surface area contributed by atoms with Gasteiger partial charge in [0.1, 0.15) is 0 Å². The van der Waals surface area contributed by atoms with E-state index in [9.17, 15) is 0 Å². The minimum absolute atomic E-state index is 0.0542. The van der Waals surface area contributed by atoms with Crippen LogP contribution in [-0.2, 0) is 9.47 Å². The molecule has 2 atom stereocenters. The van der Waals surface area contributed by atoms with Gasteiger partial charge in [-0.25, -0.2) is 0 Å². The Morgan fingerprint density at radius 2 is 1.74 bits per heavy atom. The summed E-state index contributed by atoms with van der Waals surface area (Å²) >= 11 is 0. The van der Waals surface area contributed by atoms with Gasteiger partial charge in [-0.3, -0.25) is 0 Å². The largest absolute Gasteiger partial charge is 0.381 e. The second-order valence-electron chi connectivity index (χ2n) is 7.91. The number of nitrogens with two attached hydrogens (primary N) is 1. The lowest BCUT2D eigenvalue weighted by Gasteiger charge is -2.48. The van der Waals surface area contributed by atoms with E-state index in [-0.39, 0.29) is 11.1 Å². The summed E-state index contributed by atoms with van der Waals surface area (Å²) < 4.78 is 11.7. The average molecular weight is 267 g/mol. The van der Waals surface area contributed by atoms with Crippen LogP contribution in [-0.4, -0.2) is 31.0 Å². The minimum atomic E-state index is 0.0542. The van der Waals surface area contributed by atoms with E-state index in [4.69, 9.17) is 15.2 Å². The molecule has 3 aliphatic rings. The molecular formula is C16H29NO2. The van der Waals surface area contributed by atoms with Crippen molar-refractivity contribution in [1.29, 1.82) is 0 Å². The summed E-state index contributed by atoms with van der Waals surface area (Å²) in [5.74, 6) is 0.640. The van der Waals surface area contributed by atoms with Gasteiger partial charge in [0.25, 0.3) is 0 Å². The third-order valence-corrected chi connectivity index (χ3v) is 5.78. The van der Waals surface area contributed by atoms with Crippen molar-refractivity contribution in [2.75, 3.05) is 19.8 Å². The molecule has 2 N–H and O–H groups in total. The zero-order valence-electron chi connectivity index (χ0n) is 12.5. The van der Waals surface area contributed by atoms with Crippen molar-refractivity contribution in [1.82, 2.24) is 0 Å². The zero-order chi connectivity index (χ0) is 13.6. The summed E-state index contributed by atoms with van der Waals surface area (Å²) in [6.07, 6.45) is 8.07. The Balaban J connectivity index is 1.71. The summed E-state index contributed by atoms with van der Waals surface area (Å²) in [7, 11) is 0. The third-order valence-electron chi connectivity index (χ3n) is 5.78. The van der Waals surface area contributed by atoms with Gasteiger partial charge in [0.05, 0.1) is 5.60 Å². The Bertz CT molecular complexity index is 330. The highest BCUT2D eigenvalue weighted by Crippen LogP contribution is 2.50. The Labute approximate surface area is 117 Å². The van der Waals surface area contributed by atoms with Gasteiger partial charge in [0.15, 0.2) is 0 Å². The normalized spacial score (nSPS) is 41.5. The highest BCUT2D eigenvalue weighted by atomic mass is 16.5. The molecule has 0 aromatic carbocycles. The first-order chi connectivity index (χ1) is 8.93. The van der Waals surface area contributed by atoms with Gasteiger partial charge in [-0.1, -0.05) is 13.8 Å². The van der Waals surface area contributed by atoms with Crippen molar-refractivity contribution in [3.8, 4) is 0 Å². The first kappa shape index (κ1) is 13.8. The van der Waals surface area contributed by atoms with Crippen LogP contribution in [0.4, 0.5) is 0 Å². The van der Waals surface area contributed by atoms with Crippen LogP contribution in [0.3, 0.4) is 0 Å². The maximum Gasteiger partial charge on any atom is 0.0729 e. The first-order valence-electron chi connectivity index (χ1n) is 7.94. The molecule has 3 rings (SSSR count). The van der Waals surface area contributed by atoms with E-state index >= 15 is 0 Å². The van der Waals surface area contributed by atoms with Crippen molar-refractivity contribution >= 4 is 0 Å². The fourth-order valence-electron chi connectivity index (χ4n) is 4.60. The van der Waals surface area contributed by atoms with E-state index in [1.165, 1.54) is 19.3 Å². The molecule has 1 saturated carbocycles. The summed E-state index contributed by atoms with van der Waals surface area (Å²) in [5.41, 5.74) is 7.38. The van der Waals surface area contributed by atoms with E-state index in [2.05, 4.69) is 13.8 Å². The topological polar surface area (TPSA) is 44.5 Å². The summed E-state index contributed by atoms with van der Waals surface area (Å²) in [4.78, 5) is 0. The SMILES string of the molecule is CC1(C)CCC(N)(C2CCOC3(CCOCC3)C2)C1. The second kappa shape index (κ2) is 4.71. The average Bonchev–Trinajstić information content (AvgIpc) is 2.66. The number of hydrogen-bond donors (Lipinski definition) is 1. The molecule has 2 unspecified atom stereocenters. The van der Waals surface area contributed by atoms with E-state index < -0.39 is 0 Å². The van der Waals surface area contributed by atoms with Crippen molar-refractivity contribution < 1.29 is 9.47 Å². The van der Waals surface area contributed by atoms with Crippen LogP contribution >= 0.6 is 0 Å². The van der Waals surface area contributed by atoms with Crippen LogP contribution < -0.4 is 5.73 Å². The van der Waals surface area contributed by atoms with Gasteiger partial charge in [-0.2, -0.15) is 0 Å². The van der Waals surface area contributed by atoms with Crippen LogP contribution in [0.1, 0.15) is 58.8 Å². The van der Waals surface area contributed by atoms with Gasteiger partial charge in [-0.05, 0) is 56.3 Å². The molecule has 2 heterocycles. The van der Waals surface area contributed by atoms with Crippen LogP contribution in [0.25, 0.3) is 0 Å². The quantitative estimate of drug-likeness (QED) is 0.794. The standard InChI is InChI=1S/C16H29NO2/c1-14(2)4-5-16(17,12-14)13-3-8-19-15(11-13)6-9-18-10-7-15/h13H,3-12,17H2,1-2H3. The minimum Gasteiger partial charge on any atom is -0.381 e. The predicted octanol–water partition coefficient (Wildman–Crippen LogP) is 2.87. The Morgan fingerprint density at radius 3 is 2.37 bits per heavy atom. The number of rotatable bonds is 1. The van der Waals surface area contributed by atoms with E-state index in [0.717, 1.165) is 45.5 Å². The molecular weight excluding hydrogens is 238 g/mol. The summed E-state index contributed by atoms with van der Waals surface area (Å²) in [6, 6.07) is 0. The van der Waals surface area contributed by atoms with Crippen molar-refractivity contribution in [3.63, 3.8) is 0 Å². The summed E-state index contributed by atoms with van der Waals surface area (Å²) in [5, 5.41) is 0. The van der Waals surface area contributed by atoms with Crippen LogP contribution in [0.5, 0.6) is 0 Å². The van der Waals surface area contributed by atoms with Crippen LogP contribution in [0, 0.1) is 11.3 Å². The lowest BCUT2D eigenvalue weighted by molar-refractivity contribution is -0.154. The highest BCUT2D eigenvalue weighted by Gasteiger charge is 2.50. The maximum atomic E-state index is 6.81. The molecule has 110 valence electrons. The van der Waals surface area contributed by atoms with Crippen LogP contribution in [0.2, 0.25) is 0 Å². The smallest absolute Gasteiger partial charge is 0.0729 e. The van der Waals surface area contributed by atoms with Crippen molar-refractivity contribution in [3.05, 3.63) is 0 Å². The Morgan fingerprint density at radius 1 is 1.00 bits per heavy atom. The van der Waals surface area contributed by atoms with Crippen molar-refractivity contribution in [2.45, 2.75) is 69.9 Å². The molecule has 0 amide bonds. The first-order valence-corrected chi connectivity index (χ1v) is 7.94. The van der Waals surface area contributed by atoms with Gasteiger partial charge < -0.3 is 15.2 Å². The number of hydrogen-bond acceptors (Lipinski definition) is 3. The highest BCUT2D eigenvalue weighted by molar-refractivity contribution is 5.05. The molecule has 1 spiro atoms. The number of ether oxygens (including phenoxy) is 2. The van der Waals surface area contributed by atoms with Gasteiger partial charge in [0, 0.05) is 25.4 Å². The molecule has 2 saturated heterocycles. The maximum absolute atomic E-state index is 6.81. The molecule has 3 heteroatoms. The zero-order valence-corrected chi connectivity index (χ0v) is 12.5. The van der Waals surface area contributed by atoms with Gasteiger partial charge in [-0.15, -0.1) is 0 Å². The molecule has 0 aromatic rings. The predicted molar refractivity (Wildman–Crippen MR) is 76.0 cm³/mol. The van der Waals surface area contributed by atoms with Gasteiger partial charge >= 0.3 is 0 Å². The Hall–Kier alpha value is -0.120. The molecule has 1 aliphatic carbocycles. The Kier molecular flexibility index (Phi) is 3.43. The lowest BCUT2D eigenvalue weighted by Crippen LogP contribution is -2.53. The fraction of sp³-hybridized carbons (Fsp3) is 1.00. The van der Waals surface area contributed by atoms with E-state index in [1.54, 1.807) is 0 Å². The third kappa shape index (κ3) is 2.70. The van der Waals surface area contributed by atoms with Crippen LogP contribution in [0.15, 0.2) is 0 Å².